The lowest BCUT2D eigenvalue weighted by Crippen LogP contribution is -2.48. The Kier molecular flexibility index (Phi) is 8.60. The Morgan fingerprint density at radius 1 is 1.14 bits per heavy atom. The molecule has 1 aromatic heterocycles. The van der Waals surface area contributed by atoms with E-state index in [-0.39, 0.29) is 30.8 Å². The number of fused-ring (bicyclic) bond motifs is 1. The van der Waals surface area contributed by atoms with Crippen molar-refractivity contribution in [3.8, 4) is 5.75 Å². The van der Waals surface area contributed by atoms with Gasteiger partial charge in [0.25, 0.3) is 0 Å². The summed E-state index contributed by atoms with van der Waals surface area (Å²) in [5, 5.41) is 2.08. The summed E-state index contributed by atoms with van der Waals surface area (Å²) in [5.41, 5.74) is 3.34. The van der Waals surface area contributed by atoms with E-state index in [4.69, 9.17) is 4.74 Å². The predicted octanol–water partition coefficient (Wildman–Crippen LogP) is 5.63. The van der Waals surface area contributed by atoms with Crippen LogP contribution in [0, 0.1) is 0 Å². The van der Waals surface area contributed by atoms with Gasteiger partial charge < -0.3 is 14.5 Å². The van der Waals surface area contributed by atoms with Gasteiger partial charge in [0.05, 0.1) is 12.5 Å². The molecule has 5 nitrogen and oxygen atoms in total. The second-order valence-corrected chi connectivity index (χ2v) is 10.4. The number of rotatable bonds is 10. The van der Waals surface area contributed by atoms with Gasteiger partial charge in [0.15, 0.2) is 0 Å². The molecule has 0 saturated heterocycles. The van der Waals surface area contributed by atoms with Gasteiger partial charge in [0.2, 0.25) is 11.8 Å². The summed E-state index contributed by atoms with van der Waals surface area (Å²) in [6.45, 7) is 9.46. The number of carbonyl (C=O) groups is 2. The van der Waals surface area contributed by atoms with Gasteiger partial charge in [0, 0.05) is 18.0 Å². The van der Waals surface area contributed by atoms with E-state index in [9.17, 15) is 9.59 Å². The van der Waals surface area contributed by atoms with Crippen LogP contribution in [0.2, 0.25) is 0 Å². The van der Waals surface area contributed by atoms with Gasteiger partial charge >= 0.3 is 0 Å². The van der Waals surface area contributed by atoms with E-state index in [1.807, 2.05) is 47.4 Å². The molecule has 2 amide bonds. The molecule has 188 valence electrons. The molecule has 0 saturated carbocycles. The Labute approximate surface area is 218 Å². The van der Waals surface area contributed by atoms with Crippen LogP contribution in [0.4, 0.5) is 0 Å². The van der Waals surface area contributed by atoms with E-state index in [2.05, 4.69) is 44.0 Å². The molecule has 1 aliphatic heterocycles. The monoisotopic (exact) mass is 502 g/mol. The fourth-order valence-electron chi connectivity index (χ4n) is 4.55. The molecule has 4 rings (SSSR count). The minimum atomic E-state index is -0.188. The molecule has 0 fully saturated rings. The van der Waals surface area contributed by atoms with Crippen LogP contribution in [0.25, 0.3) is 0 Å². The van der Waals surface area contributed by atoms with Gasteiger partial charge in [0.1, 0.15) is 18.9 Å². The van der Waals surface area contributed by atoms with Crippen molar-refractivity contribution >= 4 is 23.2 Å². The summed E-state index contributed by atoms with van der Waals surface area (Å²) in [7, 11) is 0. The number of benzene rings is 2. The van der Waals surface area contributed by atoms with Gasteiger partial charge in [-0.1, -0.05) is 62.4 Å². The molecular weight excluding hydrogens is 468 g/mol. The summed E-state index contributed by atoms with van der Waals surface area (Å²) in [4.78, 5) is 31.4. The summed E-state index contributed by atoms with van der Waals surface area (Å²) >= 11 is 1.73. The first kappa shape index (κ1) is 25.7. The van der Waals surface area contributed by atoms with Crippen LogP contribution < -0.4 is 4.74 Å². The SMILES string of the molecule is C=CCN(CC(=O)N1CCc2sccc2C1COc1ccc(C(C)C)cc1)C(=O)Cc1ccccc1. The second-order valence-electron chi connectivity index (χ2n) is 9.41. The third-order valence-corrected chi connectivity index (χ3v) is 7.59. The van der Waals surface area contributed by atoms with Gasteiger partial charge in [-0.05, 0) is 52.6 Å². The van der Waals surface area contributed by atoms with Crippen LogP contribution in [-0.4, -0.2) is 47.9 Å². The molecule has 0 aliphatic carbocycles. The first-order chi connectivity index (χ1) is 17.5. The highest BCUT2D eigenvalue weighted by atomic mass is 32.1. The van der Waals surface area contributed by atoms with Crippen LogP contribution in [0.5, 0.6) is 5.75 Å². The first-order valence-electron chi connectivity index (χ1n) is 12.5. The van der Waals surface area contributed by atoms with E-state index in [1.165, 1.54) is 10.4 Å². The molecule has 0 spiro atoms. The minimum Gasteiger partial charge on any atom is -0.491 e. The maximum absolute atomic E-state index is 13.6. The topological polar surface area (TPSA) is 49.9 Å². The second kappa shape index (κ2) is 12.0. The highest BCUT2D eigenvalue weighted by Crippen LogP contribution is 2.34. The smallest absolute Gasteiger partial charge is 0.242 e. The van der Waals surface area contributed by atoms with Crippen molar-refractivity contribution in [2.75, 3.05) is 26.2 Å². The van der Waals surface area contributed by atoms with Crippen molar-refractivity contribution in [2.24, 2.45) is 0 Å². The highest BCUT2D eigenvalue weighted by Gasteiger charge is 2.33. The van der Waals surface area contributed by atoms with Gasteiger partial charge in [-0.15, -0.1) is 17.9 Å². The van der Waals surface area contributed by atoms with E-state index < -0.39 is 0 Å². The van der Waals surface area contributed by atoms with Crippen molar-refractivity contribution in [1.82, 2.24) is 9.80 Å². The number of hydrogen-bond donors (Lipinski definition) is 0. The van der Waals surface area contributed by atoms with Crippen LogP contribution >= 0.6 is 11.3 Å². The lowest BCUT2D eigenvalue weighted by molar-refractivity contribution is -0.142. The van der Waals surface area contributed by atoms with E-state index in [0.717, 1.165) is 23.3 Å². The zero-order valence-electron chi connectivity index (χ0n) is 21.1. The molecular formula is C30H34N2O3S. The molecule has 2 heterocycles. The van der Waals surface area contributed by atoms with Crippen molar-refractivity contribution < 1.29 is 14.3 Å². The number of hydrogen-bond acceptors (Lipinski definition) is 4. The molecule has 1 aliphatic rings. The lowest BCUT2D eigenvalue weighted by atomic mass is 10.00. The largest absolute Gasteiger partial charge is 0.491 e. The molecule has 36 heavy (non-hydrogen) atoms. The number of carbonyl (C=O) groups excluding carboxylic acids is 2. The van der Waals surface area contributed by atoms with Crippen LogP contribution in [0.3, 0.4) is 0 Å². The number of thiophene rings is 1. The Hall–Kier alpha value is -3.38. The molecule has 1 unspecified atom stereocenters. The van der Waals surface area contributed by atoms with E-state index >= 15 is 0 Å². The summed E-state index contributed by atoms with van der Waals surface area (Å²) in [6.07, 6.45) is 2.75. The van der Waals surface area contributed by atoms with Crippen molar-refractivity contribution in [3.05, 3.63) is 100 Å². The quantitative estimate of drug-likeness (QED) is 0.338. The number of amides is 2. The normalized spacial score (nSPS) is 14.9. The predicted molar refractivity (Wildman–Crippen MR) is 145 cm³/mol. The molecule has 0 N–H and O–H groups in total. The summed E-state index contributed by atoms with van der Waals surface area (Å²) in [5.74, 6) is 1.10. The molecule has 6 heteroatoms. The molecule has 0 radical (unpaired) electrons. The van der Waals surface area contributed by atoms with E-state index in [0.29, 0.717) is 25.6 Å². The number of ether oxygens (including phenoxy) is 1. The summed E-state index contributed by atoms with van der Waals surface area (Å²) < 4.78 is 6.18. The maximum atomic E-state index is 13.6. The van der Waals surface area contributed by atoms with E-state index in [1.54, 1.807) is 22.3 Å². The Balaban J connectivity index is 1.47. The Morgan fingerprint density at radius 2 is 1.89 bits per heavy atom. The fraction of sp³-hybridized carbons (Fsp3) is 0.333. The van der Waals surface area contributed by atoms with Crippen LogP contribution in [-0.2, 0) is 22.4 Å². The minimum absolute atomic E-state index is 0.0245. The van der Waals surface area contributed by atoms with Crippen LogP contribution in [0.1, 0.15) is 47.4 Å². The molecule has 2 aromatic carbocycles. The van der Waals surface area contributed by atoms with Gasteiger partial charge in [-0.3, -0.25) is 9.59 Å². The third kappa shape index (κ3) is 6.24. The summed E-state index contributed by atoms with van der Waals surface area (Å²) in [6, 6.07) is 19.7. The average molecular weight is 503 g/mol. The number of nitrogens with zero attached hydrogens (tertiary/aromatic N) is 2. The lowest BCUT2D eigenvalue weighted by Gasteiger charge is -2.37. The van der Waals surface area contributed by atoms with Gasteiger partial charge in [-0.25, -0.2) is 0 Å². The molecule has 1 atom stereocenters. The third-order valence-electron chi connectivity index (χ3n) is 6.60. The Bertz CT molecular complexity index is 1170. The van der Waals surface area contributed by atoms with Gasteiger partial charge in [-0.2, -0.15) is 0 Å². The standard InChI is InChI=1S/C30H34N2O3S/c1-4-16-31(29(33)19-23-8-6-5-7-9-23)20-30(34)32-17-14-28-26(15-18-36-28)27(32)21-35-25-12-10-24(11-13-25)22(2)3/h4-13,15,18,22,27H,1,14,16-17,19-21H2,2-3H3. The molecule has 3 aromatic rings. The van der Waals surface area contributed by atoms with Crippen molar-refractivity contribution in [2.45, 2.75) is 38.6 Å². The Morgan fingerprint density at radius 3 is 2.58 bits per heavy atom. The highest BCUT2D eigenvalue weighted by molar-refractivity contribution is 7.10. The van der Waals surface area contributed by atoms with Crippen molar-refractivity contribution in [1.29, 1.82) is 0 Å². The fourth-order valence-corrected chi connectivity index (χ4v) is 5.47. The van der Waals surface area contributed by atoms with Crippen LogP contribution in [0.15, 0.2) is 78.7 Å². The average Bonchev–Trinajstić information content (AvgIpc) is 3.37. The maximum Gasteiger partial charge on any atom is 0.242 e. The first-order valence-corrected chi connectivity index (χ1v) is 13.3. The zero-order chi connectivity index (χ0) is 25.5. The zero-order valence-corrected chi connectivity index (χ0v) is 21.9. The molecule has 0 bridgehead atoms. The van der Waals surface area contributed by atoms with Crippen molar-refractivity contribution in [3.63, 3.8) is 0 Å².